The van der Waals surface area contributed by atoms with Crippen LogP contribution in [0.2, 0.25) is 0 Å². The van der Waals surface area contributed by atoms with Crippen LogP contribution in [0.4, 0.5) is 0 Å². The monoisotopic (exact) mass is 337 g/mol. The van der Waals surface area contributed by atoms with Gasteiger partial charge < -0.3 is 19.6 Å². The third-order valence-electron chi connectivity index (χ3n) is 4.66. The number of benzene rings is 1. The van der Waals surface area contributed by atoms with Crippen molar-refractivity contribution in [2.75, 3.05) is 6.54 Å². The Morgan fingerprint density at radius 3 is 3.00 bits per heavy atom. The molecule has 2 amide bonds. The molecule has 1 aliphatic rings. The lowest BCUT2D eigenvalue weighted by Crippen LogP contribution is -2.45. The Morgan fingerprint density at radius 2 is 2.16 bits per heavy atom. The fourth-order valence-corrected chi connectivity index (χ4v) is 3.41. The van der Waals surface area contributed by atoms with Gasteiger partial charge in [0.2, 0.25) is 5.91 Å². The third kappa shape index (κ3) is 2.91. The number of carbonyl (C=O) groups is 2. The minimum absolute atomic E-state index is 0.0964. The van der Waals surface area contributed by atoms with Crippen molar-refractivity contribution < 1.29 is 14.0 Å². The highest BCUT2D eigenvalue weighted by Crippen LogP contribution is 2.24. The normalized spacial score (nSPS) is 17.1. The molecule has 6 heteroatoms. The van der Waals surface area contributed by atoms with Gasteiger partial charge in [-0.05, 0) is 43.2 Å². The first-order valence-electron chi connectivity index (χ1n) is 8.41. The number of furan rings is 1. The zero-order chi connectivity index (χ0) is 17.2. The standard InChI is InChI=1S/C19H19N3O3/c23-18(21-12-13-4-3-11-25-13)17-7-2-10-22(17)19(24)15-5-1-6-16-14(15)8-9-20-16/h1,3-6,8-9,11,17,20H,2,7,10,12H2,(H,21,23)/t17-/m0/s1. The number of carbonyl (C=O) groups excluding carboxylic acids is 2. The number of likely N-dealkylation sites (tertiary alicyclic amines) is 1. The Hall–Kier alpha value is -3.02. The lowest BCUT2D eigenvalue weighted by Gasteiger charge is -2.24. The summed E-state index contributed by atoms with van der Waals surface area (Å²) in [5.41, 5.74) is 1.55. The van der Waals surface area contributed by atoms with Crippen LogP contribution < -0.4 is 5.32 Å². The summed E-state index contributed by atoms with van der Waals surface area (Å²) in [6, 6.07) is 10.7. The van der Waals surface area contributed by atoms with Crippen molar-refractivity contribution in [1.82, 2.24) is 15.2 Å². The zero-order valence-corrected chi connectivity index (χ0v) is 13.7. The van der Waals surface area contributed by atoms with Crippen molar-refractivity contribution in [2.45, 2.75) is 25.4 Å². The van der Waals surface area contributed by atoms with Gasteiger partial charge in [0.15, 0.2) is 0 Å². The number of aromatic nitrogens is 1. The molecule has 25 heavy (non-hydrogen) atoms. The number of amides is 2. The molecule has 6 nitrogen and oxygen atoms in total. The third-order valence-corrected chi connectivity index (χ3v) is 4.66. The van der Waals surface area contributed by atoms with Gasteiger partial charge in [-0.3, -0.25) is 9.59 Å². The Kier molecular flexibility index (Phi) is 4.01. The number of rotatable bonds is 4. The molecule has 3 aromatic rings. The maximum atomic E-state index is 13.0. The van der Waals surface area contributed by atoms with Crippen LogP contribution in [-0.2, 0) is 11.3 Å². The molecule has 0 bridgehead atoms. The van der Waals surface area contributed by atoms with Gasteiger partial charge in [-0.2, -0.15) is 0 Å². The van der Waals surface area contributed by atoms with Crippen molar-refractivity contribution in [3.05, 3.63) is 60.2 Å². The maximum Gasteiger partial charge on any atom is 0.255 e. The summed E-state index contributed by atoms with van der Waals surface area (Å²) >= 11 is 0. The van der Waals surface area contributed by atoms with Crippen LogP contribution in [0, 0.1) is 0 Å². The number of aromatic amines is 1. The Morgan fingerprint density at radius 1 is 1.24 bits per heavy atom. The minimum atomic E-state index is -0.434. The van der Waals surface area contributed by atoms with Crippen molar-refractivity contribution in [3.63, 3.8) is 0 Å². The summed E-state index contributed by atoms with van der Waals surface area (Å²) in [5.74, 6) is 0.464. The van der Waals surface area contributed by atoms with Crippen LogP contribution in [-0.4, -0.2) is 34.3 Å². The number of nitrogens with zero attached hydrogens (tertiary/aromatic N) is 1. The molecule has 2 aromatic heterocycles. The van der Waals surface area contributed by atoms with Gasteiger partial charge in [0, 0.05) is 29.2 Å². The highest BCUT2D eigenvalue weighted by atomic mass is 16.3. The van der Waals surface area contributed by atoms with E-state index in [0.717, 1.165) is 17.3 Å². The summed E-state index contributed by atoms with van der Waals surface area (Å²) in [6.45, 7) is 0.927. The second-order valence-electron chi connectivity index (χ2n) is 6.20. The molecule has 1 aliphatic heterocycles. The summed E-state index contributed by atoms with van der Waals surface area (Å²) in [6.07, 6.45) is 4.90. The van der Waals surface area contributed by atoms with Crippen molar-refractivity contribution in [1.29, 1.82) is 0 Å². The van der Waals surface area contributed by atoms with E-state index < -0.39 is 6.04 Å². The first-order valence-corrected chi connectivity index (χ1v) is 8.41. The molecule has 0 aliphatic carbocycles. The van der Waals surface area contributed by atoms with Crippen LogP contribution in [0.3, 0.4) is 0 Å². The largest absolute Gasteiger partial charge is 0.467 e. The number of H-pyrrole nitrogens is 1. The topological polar surface area (TPSA) is 78.3 Å². The number of hydrogen-bond acceptors (Lipinski definition) is 3. The molecule has 0 radical (unpaired) electrons. The fourth-order valence-electron chi connectivity index (χ4n) is 3.41. The van der Waals surface area contributed by atoms with Gasteiger partial charge in [0.05, 0.1) is 12.8 Å². The smallest absolute Gasteiger partial charge is 0.255 e. The van der Waals surface area contributed by atoms with E-state index in [-0.39, 0.29) is 11.8 Å². The summed E-state index contributed by atoms with van der Waals surface area (Å²) in [4.78, 5) is 30.4. The first-order chi connectivity index (χ1) is 12.2. The Bertz CT molecular complexity index is 898. The van der Waals surface area contributed by atoms with Gasteiger partial charge >= 0.3 is 0 Å². The minimum Gasteiger partial charge on any atom is -0.467 e. The second-order valence-corrected chi connectivity index (χ2v) is 6.20. The lowest BCUT2D eigenvalue weighted by atomic mass is 10.1. The average molecular weight is 337 g/mol. The van der Waals surface area contributed by atoms with E-state index in [0.29, 0.717) is 30.8 Å². The van der Waals surface area contributed by atoms with E-state index in [9.17, 15) is 9.59 Å². The number of fused-ring (bicyclic) bond motifs is 1. The average Bonchev–Trinajstić information content (AvgIpc) is 3.39. The van der Waals surface area contributed by atoms with Crippen molar-refractivity contribution in [3.8, 4) is 0 Å². The van der Waals surface area contributed by atoms with Gasteiger partial charge in [-0.25, -0.2) is 0 Å². The molecule has 128 valence electrons. The van der Waals surface area contributed by atoms with Crippen LogP contribution in [0.5, 0.6) is 0 Å². The molecule has 1 aromatic carbocycles. The van der Waals surface area contributed by atoms with E-state index in [2.05, 4.69) is 10.3 Å². The van der Waals surface area contributed by atoms with E-state index in [4.69, 9.17) is 4.42 Å². The van der Waals surface area contributed by atoms with Crippen LogP contribution in [0.15, 0.2) is 53.3 Å². The molecule has 0 unspecified atom stereocenters. The van der Waals surface area contributed by atoms with Gasteiger partial charge in [0.1, 0.15) is 11.8 Å². The zero-order valence-electron chi connectivity index (χ0n) is 13.7. The second kappa shape index (κ2) is 6.47. The molecule has 1 saturated heterocycles. The van der Waals surface area contributed by atoms with Gasteiger partial charge in [-0.1, -0.05) is 6.07 Å². The molecule has 2 N–H and O–H groups in total. The fraction of sp³-hybridized carbons (Fsp3) is 0.263. The van der Waals surface area contributed by atoms with Crippen molar-refractivity contribution >= 4 is 22.7 Å². The van der Waals surface area contributed by atoms with Crippen LogP contribution in [0.1, 0.15) is 29.0 Å². The summed E-state index contributed by atoms with van der Waals surface area (Å²) in [5, 5.41) is 3.75. The predicted octanol–water partition coefficient (Wildman–Crippen LogP) is 2.68. The molecular weight excluding hydrogens is 318 g/mol. The SMILES string of the molecule is O=C(NCc1ccco1)[C@@H]1CCCN1C(=O)c1cccc2[nH]ccc12. The van der Waals surface area contributed by atoms with E-state index in [1.807, 2.05) is 36.5 Å². The molecule has 1 atom stereocenters. The van der Waals surface area contributed by atoms with Crippen LogP contribution >= 0.6 is 0 Å². The van der Waals surface area contributed by atoms with E-state index >= 15 is 0 Å². The molecule has 0 saturated carbocycles. The Labute approximate surface area is 144 Å². The highest BCUT2D eigenvalue weighted by molar-refractivity contribution is 6.07. The molecule has 3 heterocycles. The van der Waals surface area contributed by atoms with Crippen LogP contribution in [0.25, 0.3) is 10.9 Å². The van der Waals surface area contributed by atoms with Gasteiger partial charge in [0.25, 0.3) is 5.91 Å². The van der Waals surface area contributed by atoms with Gasteiger partial charge in [-0.15, -0.1) is 0 Å². The maximum absolute atomic E-state index is 13.0. The summed E-state index contributed by atoms with van der Waals surface area (Å²) in [7, 11) is 0. The molecular formula is C19H19N3O3. The molecule has 4 rings (SSSR count). The molecule has 1 fully saturated rings. The lowest BCUT2D eigenvalue weighted by molar-refractivity contribution is -0.125. The quantitative estimate of drug-likeness (QED) is 0.768. The Balaban J connectivity index is 1.51. The molecule has 0 spiro atoms. The highest BCUT2D eigenvalue weighted by Gasteiger charge is 2.35. The number of nitrogens with one attached hydrogen (secondary N) is 2. The first kappa shape index (κ1) is 15.5. The van der Waals surface area contributed by atoms with Crippen molar-refractivity contribution in [2.24, 2.45) is 0 Å². The number of hydrogen-bond donors (Lipinski definition) is 2. The van der Waals surface area contributed by atoms with E-state index in [1.165, 1.54) is 0 Å². The summed E-state index contributed by atoms with van der Waals surface area (Å²) < 4.78 is 5.23. The predicted molar refractivity (Wildman–Crippen MR) is 92.9 cm³/mol. The van der Waals surface area contributed by atoms with E-state index in [1.54, 1.807) is 17.2 Å².